The van der Waals surface area contributed by atoms with Gasteiger partial charge in [0.25, 0.3) is 5.91 Å². The topological polar surface area (TPSA) is 103 Å². The maximum atomic E-state index is 12.8. The molecule has 1 aromatic heterocycles. The lowest BCUT2D eigenvalue weighted by Gasteiger charge is -2.39. The van der Waals surface area contributed by atoms with E-state index in [1.807, 2.05) is 55.5 Å². The minimum absolute atomic E-state index is 0.0381. The molecule has 0 radical (unpaired) electrons. The number of carbonyl (C=O) groups excluding carboxylic acids is 3. The Labute approximate surface area is 191 Å². The van der Waals surface area contributed by atoms with Crippen molar-refractivity contribution in [3.63, 3.8) is 0 Å². The summed E-state index contributed by atoms with van der Waals surface area (Å²) in [5.74, 6) is -0.510. The number of nitrogens with zero attached hydrogens (tertiary/aromatic N) is 2. The van der Waals surface area contributed by atoms with Gasteiger partial charge in [-0.2, -0.15) is 0 Å². The summed E-state index contributed by atoms with van der Waals surface area (Å²) in [6, 6.07) is 16.8. The van der Waals surface area contributed by atoms with Gasteiger partial charge in [0, 0.05) is 41.8 Å². The Bertz CT molecular complexity index is 1270. The minimum Gasteiger partial charge on any atom is -0.362 e. The fraction of sp³-hybridized carbons (Fsp3) is 0.280. The minimum atomic E-state index is -0.699. The summed E-state index contributed by atoms with van der Waals surface area (Å²) < 4.78 is 0. The lowest BCUT2D eigenvalue weighted by Crippen LogP contribution is -2.58. The molecule has 3 N–H and O–H groups in total. The average Bonchev–Trinajstić information content (AvgIpc) is 2.93. The van der Waals surface area contributed by atoms with Gasteiger partial charge in [0.2, 0.25) is 11.8 Å². The number of benzene rings is 2. The third-order valence-corrected chi connectivity index (χ3v) is 6.27. The van der Waals surface area contributed by atoms with Gasteiger partial charge < -0.3 is 20.9 Å². The van der Waals surface area contributed by atoms with Gasteiger partial charge >= 0.3 is 0 Å². The van der Waals surface area contributed by atoms with Gasteiger partial charge in [0.05, 0.1) is 17.6 Å². The highest BCUT2D eigenvalue weighted by Gasteiger charge is 2.40. The van der Waals surface area contributed by atoms with E-state index in [-0.39, 0.29) is 30.7 Å². The van der Waals surface area contributed by atoms with Gasteiger partial charge in [-0.05, 0) is 49.7 Å². The number of para-hydroxylation sites is 1. The lowest BCUT2D eigenvalue weighted by molar-refractivity contribution is -0.134. The van der Waals surface area contributed by atoms with Crippen molar-refractivity contribution in [2.24, 2.45) is 0 Å². The molecule has 2 aromatic carbocycles. The zero-order chi connectivity index (χ0) is 23.0. The number of aryl methyl sites for hydroxylation is 1. The van der Waals surface area contributed by atoms with E-state index in [9.17, 15) is 14.4 Å². The van der Waals surface area contributed by atoms with Crippen LogP contribution in [0.2, 0.25) is 0 Å². The van der Waals surface area contributed by atoms with Crippen molar-refractivity contribution in [2.75, 3.05) is 23.7 Å². The average molecular weight is 444 g/mol. The molecule has 2 aliphatic heterocycles. The Morgan fingerprint density at radius 3 is 2.82 bits per heavy atom. The van der Waals surface area contributed by atoms with Crippen LogP contribution in [-0.4, -0.2) is 46.4 Å². The largest absolute Gasteiger partial charge is 0.362 e. The van der Waals surface area contributed by atoms with E-state index in [2.05, 4.69) is 20.9 Å². The van der Waals surface area contributed by atoms with Crippen molar-refractivity contribution < 1.29 is 14.4 Å². The third kappa shape index (κ3) is 4.24. The zero-order valence-electron chi connectivity index (χ0n) is 18.4. The van der Waals surface area contributed by atoms with E-state index in [1.165, 1.54) is 0 Å². The number of nitrogens with one attached hydrogen (secondary N) is 3. The van der Waals surface area contributed by atoms with E-state index in [1.54, 1.807) is 11.0 Å². The van der Waals surface area contributed by atoms with E-state index in [0.29, 0.717) is 30.6 Å². The van der Waals surface area contributed by atoms with Crippen LogP contribution >= 0.6 is 0 Å². The fourth-order valence-corrected chi connectivity index (χ4v) is 4.51. The summed E-state index contributed by atoms with van der Waals surface area (Å²) in [5, 5.41) is 10.3. The Balaban J connectivity index is 1.25. The molecule has 0 bridgehead atoms. The van der Waals surface area contributed by atoms with Crippen LogP contribution in [0.15, 0.2) is 54.6 Å². The van der Waals surface area contributed by atoms with Crippen LogP contribution in [0, 0.1) is 6.92 Å². The van der Waals surface area contributed by atoms with Gasteiger partial charge in [-0.15, -0.1) is 0 Å². The van der Waals surface area contributed by atoms with Crippen LogP contribution in [0.4, 0.5) is 11.4 Å². The number of hydrogen-bond donors (Lipinski definition) is 3. The zero-order valence-corrected chi connectivity index (χ0v) is 18.4. The first-order valence-electron chi connectivity index (χ1n) is 11.1. The normalized spacial score (nSPS) is 20.1. The van der Waals surface area contributed by atoms with Crippen molar-refractivity contribution in [2.45, 2.75) is 31.8 Å². The molecule has 168 valence electrons. The molecule has 8 heteroatoms. The summed E-state index contributed by atoms with van der Waals surface area (Å²) >= 11 is 0. The fourth-order valence-electron chi connectivity index (χ4n) is 4.51. The van der Waals surface area contributed by atoms with Gasteiger partial charge in [-0.25, -0.2) is 0 Å². The summed E-state index contributed by atoms with van der Waals surface area (Å²) in [6.07, 6.45) is 1.21. The highest BCUT2D eigenvalue weighted by molar-refractivity contribution is 6.02. The van der Waals surface area contributed by atoms with Crippen LogP contribution in [0.25, 0.3) is 10.9 Å². The number of aromatic nitrogens is 1. The van der Waals surface area contributed by atoms with Crippen molar-refractivity contribution in [3.8, 4) is 0 Å². The van der Waals surface area contributed by atoms with Gasteiger partial charge in [0.15, 0.2) is 0 Å². The first-order valence-corrected chi connectivity index (χ1v) is 11.1. The molecule has 0 saturated carbocycles. The highest BCUT2D eigenvalue weighted by Crippen LogP contribution is 2.31. The molecular formula is C25H25N5O3. The van der Waals surface area contributed by atoms with E-state index >= 15 is 0 Å². The number of pyridine rings is 1. The van der Waals surface area contributed by atoms with Crippen LogP contribution in [0.1, 0.15) is 35.3 Å². The predicted molar refractivity (Wildman–Crippen MR) is 126 cm³/mol. The van der Waals surface area contributed by atoms with Gasteiger partial charge in [-0.1, -0.05) is 18.2 Å². The summed E-state index contributed by atoms with van der Waals surface area (Å²) in [4.78, 5) is 44.1. The van der Waals surface area contributed by atoms with Crippen LogP contribution in [0.5, 0.6) is 0 Å². The Morgan fingerprint density at radius 2 is 1.94 bits per heavy atom. The molecule has 1 atom stereocenters. The van der Waals surface area contributed by atoms with Crippen molar-refractivity contribution in [1.82, 2.24) is 15.2 Å². The molecule has 0 aliphatic carbocycles. The molecule has 1 spiro atoms. The second kappa shape index (κ2) is 8.20. The molecule has 3 amide bonds. The van der Waals surface area contributed by atoms with Gasteiger partial charge in [0.1, 0.15) is 5.66 Å². The van der Waals surface area contributed by atoms with E-state index in [0.717, 1.165) is 22.3 Å². The van der Waals surface area contributed by atoms with Crippen LogP contribution in [0.3, 0.4) is 0 Å². The third-order valence-electron chi connectivity index (χ3n) is 6.27. The number of anilines is 2. The van der Waals surface area contributed by atoms with Crippen molar-refractivity contribution in [3.05, 3.63) is 65.9 Å². The van der Waals surface area contributed by atoms with Gasteiger partial charge in [-0.3, -0.25) is 19.4 Å². The quantitative estimate of drug-likeness (QED) is 0.577. The molecule has 1 saturated heterocycles. The summed E-state index contributed by atoms with van der Waals surface area (Å²) in [6.45, 7) is 2.26. The lowest BCUT2D eigenvalue weighted by atomic mass is 9.95. The Morgan fingerprint density at radius 1 is 1.09 bits per heavy atom. The standard InChI is InChI=1S/C25H25N5O3/c1-16-6-7-17-14-18(8-9-20(17)26-16)27-22(31)15-30-13-12-25(11-10-23(30)32)28-21-5-3-2-4-19(21)24(33)29-25/h2-9,14,28H,10-13,15H2,1H3,(H,27,31)(H,29,33)/t25-/m0/s1. The molecule has 33 heavy (non-hydrogen) atoms. The molecule has 8 nitrogen and oxygen atoms in total. The monoisotopic (exact) mass is 443 g/mol. The maximum absolute atomic E-state index is 12.8. The van der Waals surface area contributed by atoms with Crippen LogP contribution in [-0.2, 0) is 9.59 Å². The second-order valence-corrected chi connectivity index (χ2v) is 8.68. The second-order valence-electron chi connectivity index (χ2n) is 8.68. The predicted octanol–water partition coefficient (Wildman–Crippen LogP) is 3.05. The maximum Gasteiger partial charge on any atom is 0.255 e. The molecule has 1 fully saturated rings. The Kier molecular flexibility index (Phi) is 5.20. The van der Waals surface area contributed by atoms with Crippen LogP contribution < -0.4 is 16.0 Å². The molecule has 3 aromatic rings. The molecule has 5 rings (SSSR count). The highest BCUT2D eigenvalue weighted by atomic mass is 16.2. The smallest absolute Gasteiger partial charge is 0.255 e. The number of amides is 3. The number of likely N-dealkylation sites (tertiary alicyclic amines) is 1. The SMILES string of the molecule is Cc1ccc2cc(NC(=O)CN3CC[C@]4(CCC3=O)NC(=O)c3ccccc3N4)ccc2n1. The van der Waals surface area contributed by atoms with Crippen molar-refractivity contribution >= 4 is 40.0 Å². The first-order chi connectivity index (χ1) is 15.9. The van der Waals surface area contributed by atoms with E-state index < -0.39 is 5.66 Å². The van der Waals surface area contributed by atoms with E-state index in [4.69, 9.17) is 0 Å². The number of rotatable bonds is 3. The number of carbonyl (C=O) groups is 3. The number of hydrogen-bond acceptors (Lipinski definition) is 5. The molecule has 0 unspecified atom stereocenters. The Hall–Kier alpha value is -3.94. The molecule has 2 aliphatic rings. The summed E-state index contributed by atoms with van der Waals surface area (Å²) in [5.41, 5.74) is 3.12. The number of fused-ring (bicyclic) bond motifs is 2. The first kappa shape index (κ1) is 20.9. The van der Waals surface area contributed by atoms with Crippen molar-refractivity contribution in [1.29, 1.82) is 0 Å². The summed E-state index contributed by atoms with van der Waals surface area (Å²) in [7, 11) is 0. The molecular weight excluding hydrogens is 418 g/mol. The molecule has 3 heterocycles.